The molecule has 1 aromatic carbocycles. The zero-order chi connectivity index (χ0) is 11.8. The number of carbonyl (C=O) groups excluding carboxylic acids is 1. The summed E-state index contributed by atoms with van der Waals surface area (Å²) in [5, 5.41) is 12.3. The zero-order valence-corrected chi connectivity index (χ0v) is 10.2. The second-order valence-corrected chi connectivity index (χ2v) is 4.50. The number of thioether (sulfide) groups is 1. The van der Waals surface area contributed by atoms with Crippen molar-refractivity contribution in [2.75, 3.05) is 18.6 Å². The molecular weight excluding hydrogens is 222 g/mol. The van der Waals surface area contributed by atoms with Gasteiger partial charge in [-0.1, -0.05) is 18.2 Å². The van der Waals surface area contributed by atoms with E-state index in [1.54, 1.807) is 23.9 Å². The van der Waals surface area contributed by atoms with Crippen LogP contribution in [0.2, 0.25) is 0 Å². The van der Waals surface area contributed by atoms with Crippen LogP contribution in [0, 0.1) is 0 Å². The lowest BCUT2D eigenvalue weighted by Gasteiger charge is -2.10. The molecule has 0 saturated heterocycles. The number of aliphatic hydroxyl groups is 1. The highest BCUT2D eigenvalue weighted by atomic mass is 32.2. The topological polar surface area (TPSA) is 49.3 Å². The smallest absolute Gasteiger partial charge is 0.251 e. The van der Waals surface area contributed by atoms with Crippen LogP contribution in [0.5, 0.6) is 0 Å². The van der Waals surface area contributed by atoms with Gasteiger partial charge in [0, 0.05) is 12.1 Å². The van der Waals surface area contributed by atoms with Crippen molar-refractivity contribution in [3.8, 4) is 0 Å². The van der Waals surface area contributed by atoms with Crippen LogP contribution in [-0.2, 0) is 0 Å². The quantitative estimate of drug-likeness (QED) is 0.791. The molecule has 0 heterocycles. The van der Waals surface area contributed by atoms with Crippen molar-refractivity contribution < 1.29 is 9.90 Å². The second-order valence-electron chi connectivity index (χ2n) is 3.51. The Morgan fingerprint density at radius 2 is 2.12 bits per heavy atom. The van der Waals surface area contributed by atoms with Crippen molar-refractivity contribution in [2.45, 2.75) is 12.5 Å². The molecule has 2 N–H and O–H groups in total. The molecular formula is C12H17NO2S. The summed E-state index contributed by atoms with van der Waals surface area (Å²) < 4.78 is 0. The molecule has 1 atom stereocenters. The first-order valence-electron chi connectivity index (χ1n) is 5.24. The van der Waals surface area contributed by atoms with Crippen LogP contribution in [0.25, 0.3) is 0 Å². The Hall–Kier alpha value is -1.00. The lowest BCUT2D eigenvalue weighted by Crippen LogP contribution is -2.32. The van der Waals surface area contributed by atoms with E-state index in [0.717, 1.165) is 5.75 Å². The van der Waals surface area contributed by atoms with Crippen molar-refractivity contribution in [2.24, 2.45) is 0 Å². The molecule has 0 radical (unpaired) electrons. The third kappa shape index (κ3) is 4.68. The van der Waals surface area contributed by atoms with Crippen LogP contribution in [0.3, 0.4) is 0 Å². The number of amides is 1. The minimum atomic E-state index is -0.458. The summed E-state index contributed by atoms with van der Waals surface area (Å²) in [5.41, 5.74) is 0.625. The fourth-order valence-corrected chi connectivity index (χ4v) is 1.77. The molecule has 0 fully saturated rings. The number of rotatable bonds is 6. The SMILES string of the molecule is CSCCC(O)CNC(=O)c1ccccc1. The number of hydrogen-bond acceptors (Lipinski definition) is 3. The van der Waals surface area contributed by atoms with Crippen LogP contribution >= 0.6 is 11.8 Å². The largest absolute Gasteiger partial charge is 0.391 e. The van der Waals surface area contributed by atoms with E-state index in [-0.39, 0.29) is 5.91 Å². The van der Waals surface area contributed by atoms with Gasteiger partial charge in [-0.2, -0.15) is 11.8 Å². The lowest BCUT2D eigenvalue weighted by atomic mass is 10.2. The molecule has 4 heteroatoms. The summed E-state index contributed by atoms with van der Waals surface area (Å²) in [4.78, 5) is 11.6. The first-order chi connectivity index (χ1) is 7.74. The number of carbonyl (C=O) groups is 1. The molecule has 1 amide bonds. The van der Waals surface area contributed by atoms with E-state index in [4.69, 9.17) is 0 Å². The van der Waals surface area contributed by atoms with Crippen LogP contribution in [0.1, 0.15) is 16.8 Å². The molecule has 0 saturated carbocycles. The highest BCUT2D eigenvalue weighted by Crippen LogP contribution is 2.01. The van der Waals surface area contributed by atoms with E-state index >= 15 is 0 Å². The molecule has 0 spiro atoms. The minimum absolute atomic E-state index is 0.135. The Morgan fingerprint density at radius 3 is 2.75 bits per heavy atom. The monoisotopic (exact) mass is 239 g/mol. The molecule has 88 valence electrons. The van der Waals surface area contributed by atoms with Crippen LogP contribution in [0.15, 0.2) is 30.3 Å². The van der Waals surface area contributed by atoms with Gasteiger partial charge in [-0.15, -0.1) is 0 Å². The van der Waals surface area contributed by atoms with Gasteiger partial charge in [0.15, 0.2) is 0 Å². The fourth-order valence-electron chi connectivity index (χ4n) is 1.26. The molecule has 0 aliphatic carbocycles. The Morgan fingerprint density at radius 1 is 1.44 bits per heavy atom. The van der Waals surface area contributed by atoms with Gasteiger partial charge in [0.05, 0.1) is 6.10 Å². The zero-order valence-electron chi connectivity index (χ0n) is 9.35. The Bertz CT molecular complexity index is 316. The fraction of sp³-hybridized carbons (Fsp3) is 0.417. The maximum atomic E-state index is 11.6. The van der Waals surface area contributed by atoms with Gasteiger partial charge >= 0.3 is 0 Å². The number of benzene rings is 1. The average molecular weight is 239 g/mol. The van der Waals surface area contributed by atoms with Crippen molar-refractivity contribution >= 4 is 17.7 Å². The van der Waals surface area contributed by atoms with Gasteiger partial charge < -0.3 is 10.4 Å². The lowest BCUT2D eigenvalue weighted by molar-refractivity contribution is 0.0914. The molecule has 0 bridgehead atoms. The summed E-state index contributed by atoms with van der Waals surface area (Å²) in [7, 11) is 0. The normalized spacial score (nSPS) is 12.1. The highest BCUT2D eigenvalue weighted by molar-refractivity contribution is 7.98. The number of nitrogens with one attached hydrogen (secondary N) is 1. The minimum Gasteiger partial charge on any atom is -0.391 e. The van der Waals surface area contributed by atoms with E-state index in [9.17, 15) is 9.90 Å². The third-order valence-corrected chi connectivity index (χ3v) is 2.83. The average Bonchev–Trinajstić information content (AvgIpc) is 2.34. The van der Waals surface area contributed by atoms with Gasteiger partial charge in [-0.25, -0.2) is 0 Å². The summed E-state index contributed by atoms with van der Waals surface area (Å²) in [6.07, 6.45) is 2.24. The first kappa shape index (κ1) is 13.1. The van der Waals surface area contributed by atoms with Gasteiger partial charge in [-0.3, -0.25) is 4.79 Å². The van der Waals surface area contributed by atoms with Crippen LogP contribution in [0.4, 0.5) is 0 Å². The van der Waals surface area contributed by atoms with Gasteiger partial charge in [0.1, 0.15) is 0 Å². The van der Waals surface area contributed by atoms with E-state index in [0.29, 0.717) is 18.5 Å². The van der Waals surface area contributed by atoms with E-state index in [1.807, 2.05) is 24.5 Å². The molecule has 16 heavy (non-hydrogen) atoms. The predicted octanol–water partition coefficient (Wildman–Crippen LogP) is 1.53. The highest BCUT2D eigenvalue weighted by Gasteiger charge is 2.07. The van der Waals surface area contributed by atoms with E-state index in [1.165, 1.54) is 0 Å². The van der Waals surface area contributed by atoms with Crippen molar-refractivity contribution in [3.63, 3.8) is 0 Å². The van der Waals surface area contributed by atoms with Gasteiger partial charge in [-0.05, 0) is 30.6 Å². The summed E-state index contributed by atoms with van der Waals surface area (Å²) >= 11 is 1.69. The van der Waals surface area contributed by atoms with E-state index < -0.39 is 6.10 Å². The maximum Gasteiger partial charge on any atom is 0.251 e. The Balaban J connectivity index is 2.30. The molecule has 3 nitrogen and oxygen atoms in total. The second kappa shape index (κ2) is 7.30. The summed E-state index contributed by atoms with van der Waals surface area (Å²) in [6.45, 7) is 0.314. The van der Waals surface area contributed by atoms with Gasteiger partial charge in [0.2, 0.25) is 0 Å². The van der Waals surface area contributed by atoms with E-state index in [2.05, 4.69) is 5.32 Å². The number of hydrogen-bond donors (Lipinski definition) is 2. The predicted molar refractivity (Wildman–Crippen MR) is 67.8 cm³/mol. The first-order valence-corrected chi connectivity index (χ1v) is 6.63. The van der Waals surface area contributed by atoms with Crippen molar-refractivity contribution in [1.82, 2.24) is 5.32 Å². The molecule has 1 aromatic rings. The third-order valence-electron chi connectivity index (χ3n) is 2.19. The molecule has 1 unspecified atom stereocenters. The van der Waals surface area contributed by atoms with Crippen molar-refractivity contribution in [1.29, 1.82) is 0 Å². The standard InChI is InChI=1S/C12H17NO2S/c1-16-8-7-11(14)9-13-12(15)10-5-3-2-4-6-10/h2-6,11,14H,7-9H2,1H3,(H,13,15). The van der Waals surface area contributed by atoms with Crippen molar-refractivity contribution in [3.05, 3.63) is 35.9 Å². The summed E-state index contributed by atoms with van der Waals surface area (Å²) in [6, 6.07) is 9.01. The van der Waals surface area contributed by atoms with Crippen LogP contribution < -0.4 is 5.32 Å². The molecule has 0 aliphatic rings. The van der Waals surface area contributed by atoms with Crippen LogP contribution in [-0.4, -0.2) is 35.7 Å². The Kier molecular flexibility index (Phi) is 5.96. The molecule has 0 aromatic heterocycles. The summed E-state index contributed by atoms with van der Waals surface area (Å²) in [5.74, 6) is 0.770. The molecule has 0 aliphatic heterocycles. The Labute approximate surface area is 100 Å². The van der Waals surface area contributed by atoms with Gasteiger partial charge in [0.25, 0.3) is 5.91 Å². The number of aliphatic hydroxyl groups excluding tert-OH is 1. The molecule has 1 rings (SSSR count). The maximum absolute atomic E-state index is 11.6.